The predicted octanol–water partition coefficient (Wildman–Crippen LogP) is 3.02. The number of nitrogens with one attached hydrogen (secondary N) is 1. The average Bonchev–Trinajstić information content (AvgIpc) is 2.36. The van der Waals surface area contributed by atoms with E-state index >= 15 is 0 Å². The zero-order chi connectivity index (χ0) is 13.4. The molecule has 100 valence electrons. The van der Waals surface area contributed by atoms with E-state index in [4.69, 9.17) is 27.9 Å². The monoisotopic (exact) mass is 289 g/mol. The number of ether oxygens (including phenoxy) is 1. The SMILES string of the molecule is Cc1cc(C(=O)NCCCOCCCl)ccc1Cl. The quantitative estimate of drug-likeness (QED) is 0.619. The van der Waals surface area contributed by atoms with E-state index in [1.54, 1.807) is 18.2 Å². The molecule has 0 aliphatic carbocycles. The number of hydrogen-bond donors (Lipinski definition) is 1. The molecule has 0 radical (unpaired) electrons. The second kappa shape index (κ2) is 8.35. The number of hydrogen-bond acceptors (Lipinski definition) is 2. The highest BCUT2D eigenvalue weighted by atomic mass is 35.5. The molecule has 1 amide bonds. The number of carbonyl (C=O) groups is 1. The van der Waals surface area contributed by atoms with Gasteiger partial charge in [0.1, 0.15) is 0 Å². The molecule has 0 atom stereocenters. The van der Waals surface area contributed by atoms with Crippen molar-refractivity contribution in [1.82, 2.24) is 5.32 Å². The van der Waals surface area contributed by atoms with E-state index in [-0.39, 0.29) is 5.91 Å². The molecule has 0 saturated heterocycles. The summed E-state index contributed by atoms with van der Waals surface area (Å²) >= 11 is 11.4. The molecular formula is C13H17Cl2NO2. The van der Waals surface area contributed by atoms with E-state index < -0.39 is 0 Å². The molecule has 1 aromatic rings. The van der Waals surface area contributed by atoms with E-state index in [1.807, 2.05) is 6.92 Å². The van der Waals surface area contributed by atoms with Crippen LogP contribution in [0.2, 0.25) is 5.02 Å². The molecule has 0 bridgehead atoms. The molecule has 0 saturated carbocycles. The topological polar surface area (TPSA) is 38.3 Å². The standard InChI is InChI=1S/C13H17Cl2NO2/c1-10-9-11(3-4-12(10)15)13(17)16-6-2-7-18-8-5-14/h3-4,9H,2,5-8H2,1H3,(H,16,17). The summed E-state index contributed by atoms with van der Waals surface area (Å²) < 4.78 is 5.20. The normalized spacial score (nSPS) is 10.4. The number of carbonyl (C=O) groups excluding carboxylic acids is 1. The van der Waals surface area contributed by atoms with Gasteiger partial charge >= 0.3 is 0 Å². The van der Waals surface area contributed by atoms with Gasteiger partial charge in [0, 0.05) is 29.6 Å². The van der Waals surface area contributed by atoms with E-state index in [0.717, 1.165) is 12.0 Å². The first-order valence-corrected chi connectivity index (χ1v) is 6.74. The summed E-state index contributed by atoms with van der Waals surface area (Å²) in [7, 11) is 0. The molecular weight excluding hydrogens is 273 g/mol. The van der Waals surface area contributed by atoms with Crippen LogP contribution in [0.3, 0.4) is 0 Å². The van der Waals surface area contributed by atoms with Gasteiger partial charge in [0.25, 0.3) is 5.91 Å². The molecule has 0 spiro atoms. The Morgan fingerprint density at radius 2 is 2.17 bits per heavy atom. The van der Waals surface area contributed by atoms with E-state index in [0.29, 0.717) is 36.2 Å². The summed E-state index contributed by atoms with van der Waals surface area (Å²) in [6, 6.07) is 5.23. The third-order valence-corrected chi connectivity index (χ3v) is 2.97. The maximum atomic E-state index is 11.8. The van der Waals surface area contributed by atoms with Crippen LogP contribution < -0.4 is 5.32 Å². The number of benzene rings is 1. The second-order valence-electron chi connectivity index (χ2n) is 3.87. The van der Waals surface area contributed by atoms with Crippen LogP contribution in [-0.2, 0) is 4.74 Å². The van der Waals surface area contributed by atoms with E-state index in [1.165, 1.54) is 0 Å². The number of rotatable bonds is 7. The Morgan fingerprint density at radius 1 is 1.39 bits per heavy atom. The van der Waals surface area contributed by atoms with Gasteiger partial charge in [-0.2, -0.15) is 0 Å². The van der Waals surface area contributed by atoms with Crippen LogP contribution in [0, 0.1) is 6.92 Å². The van der Waals surface area contributed by atoms with Crippen LogP contribution in [0.15, 0.2) is 18.2 Å². The summed E-state index contributed by atoms with van der Waals surface area (Å²) in [6.45, 7) is 3.61. The minimum atomic E-state index is -0.0906. The highest BCUT2D eigenvalue weighted by molar-refractivity contribution is 6.31. The minimum Gasteiger partial charge on any atom is -0.380 e. The molecule has 18 heavy (non-hydrogen) atoms. The molecule has 0 aromatic heterocycles. The molecule has 0 heterocycles. The maximum absolute atomic E-state index is 11.8. The fourth-order valence-electron chi connectivity index (χ4n) is 1.42. The van der Waals surface area contributed by atoms with Crippen LogP contribution >= 0.6 is 23.2 Å². The van der Waals surface area contributed by atoms with E-state index in [2.05, 4.69) is 5.32 Å². The molecule has 1 aromatic carbocycles. The third-order valence-electron chi connectivity index (χ3n) is 2.39. The Hall–Kier alpha value is -0.770. The first-order chi connectivity index (χ1) is 8.65. The van der Waals surface area contributed by atoms with Gasteiger partial charge in [-0.15, -0.1) is 11.6 Å². The lowest BCUT2D eigenvalue weighted by Crippen LogP contribution is -2.25. The Bertz CT molecular complexity index is 397. The smallest absolute Gasteiger partial charge is 0.251 e. The lowest BCUT2D eigenvalue weighted by atomic mass is 10.1. The van der Waals surface area contributed by atoms with Crippen LogP contribution in [0.5, 0.6) is 0 Å². The van der Waals surface area contributed by atoms with Crippen molar-refractivity contribution in [2.75, 3.05) is 25.6 Å². The van der Waals surface area contributed by atoms with Gasteiger partial charge in [0.05, 0.1) is 6.61 Å². The highest BCUT2D eigenvalue weighted by Gasteiger charge is 2.06. The Balaban J connectivity index is 2.30. The zero-order valence-electron chi connectivity index (χ0n) is 10.3. The fraction of sp³-hybridized carbons (Fsp3) is 0.462. The van der Waals surface area contributed by atoms with E-state index in [9.17, 15) is 4.79 Å². The van der Waals surface area contributed by atoms with Crippen molar-refractivity contribution in [1.29, 1.82) is 0 Å². The minimum absolute atomic E-state index is 0.0906. The predicted molar refractivity (Wildman–Crippen MR) is 74.7 cm³/mol. The van der Waals surface area contributed by atoms with Crippen LogP contribution in [-0.4, -0.2) is 31.5 Å². The zero-order valence-corrected chi connectivity index (χ0v) is 11.9. The van der Waals surface area contributed by atoms with Crippen molar-refractivity contribution in [3.8, 4) is 0 Å². The molecule has 3 nitrogen and oxygen atoms in total. The average molecular weight is 290 g/mol. The van der Waals surface area contributed by atoms with Crippen LogP contribution in [0.1, 0.15) is 22.3 Å². The number of alkyl halides is 1. The van der Waals surface area contributed by atoms with Gasteiger partial charge in [-0.1, -0.05) is 11.6 Å². The molecule has 0 aliphatic heterocycles. The van der Waals surface area contributed by atoms with Crippen molar-refractivity contribution in [2.24, 2.45) is 0 Å². The first kappa shape index (κ1) is 15.3. The number of amides is 1. The van der Waals surface area contributed by atoms with Gasteiger partial charge < -0.3 is 10.1 Å². The van der Waals surface area contributed by atoms with Crippen LogP contribution in [0.4, 0.5) is 0 Å². The van der Waals surface area contributed by atoms with Crippen LogP contribution in [0.25, 0.3) is 0 Å². The van der Waals surface area contributed by atoms with Crippen molar-refractivity contribution < 1.29 is 9.53 Å². The molecule has 1 N–H and O–H groups in total. The fourth-order valence-corrected chi connectivity index (χ4v) is 1.65. The van der Waals surface area contributed by atoms with Gasteiger partial charge in [-0.3, -0.25) is 4.79 Å². The number of aryl methyl sites for hydroxylation is 1. The molecule has 0 fully saturated rings. The van der Waals surface area contributed by atoms with Crippen molar-refractivity contribution in [3.05, 3.63) is 34.3 Å². The first-order valence-electron chi connectivity index (χ1n) is 5.83. The van der Waals surface area contributed by atoms with Gasteiger partial charge in [-0.05, 0) is 37.1 Å². The summed E-state index contributed by atoms with van der Waals surface area (Å²) in [5.74, 6) is 0.406. The van der Waals surface area contributed by atoms with Gasteiger partial charge in [0.15, 0.2) is 0 Å². The third kappa shape index (κ3) is 5.25. The molecule has 0 unspecified atom stereocenters. The van der Waals surface area contributed by atoms with Crippen molar-refractivity contribution in [3.63, 3.8) is 0 Å². The summed E-state index contributed by atoms with van der Waals surface area (Å²) in [5, 5.41) is 3.50. The van der Waals surface area contributed by atoms with Gasteiger partial charge in [-0.25, -0.2) is 0 Å². The Morgan fingerprint density at radius 3 is 2.83 bits per heavy atom. The largest absolute Gasteiger partial charge is 0.380 e. The molecule has 0 aliphatic rings. The molecule has 1 rings (SSSR count). The lowest BCUT2D eigenvalue weighted by molar-refractivity contribution is 0.0944. The highest BCUT2D eigenvalue weighted by Crippen LogP contribution is 2.16. The Labute approximate surface area is 117 Å². The van der Waals surface area contributed by atoms with Gasteiger partial charge in [0.2, 0.25) is 0 Å². The molecule has 5 heteroatoms. The Kier molecular flexibility index (Phi) is 7.09. The summed E-state index contributed by atoms with van der Waals surface area (Å²) in [6.07, 6.45) is 0.773. The maximum Gasteiger partial charge on any atom is 0.251 e. The van der Waals surface area contributed by atoms with Crippen molar-refractivity contribution >= 4 is 29.1 Å². The summed E-state index contributed by atoms with van der Waals surface area (Å²) in [4.78, 5) is 11.8. The second-order valence-corrected chi connectivity index (χ2v) is 4.66. The number of halogens is 2. The van der Waals surface area contributed by atoms with Crippen molar-refractivity contribution in [2.45, 2.75) is 13.3 Å². The lowest BCUT2D eigenvalue weighted by Gasteiger charge is -2.07. The summed E-state index contributed by atoms with van der Waals surface area (Å²) in [5.41, 5.74) is 1.52.